The van der Waals surface area contributed by atoms with Crippen LogP contribution in [0.1, 0.15) is 85.6 Å². The zero-order chi connectivity index (χ0) is 17.1. The minimum absolute atomic E-state index is 0.0254. The molecule has 6 nitrogen and oxygen atoms in total. The Bertz CT molecular complexity index is 694. The van der Waals surface area contributed by atoms with Crippen LogP contribution in [0, 0.1) is 0 Å². The monoisotopic (exact) mass is 348 g/mol. The molecule has 0 spiro atoms. The summed E-state index contributed by atoms with van der Waals surface area (Å²) in [5.74, 6) is 1.44. The van der Waals surface area contributed by atoms with Crippen molar-refractivity contribution in [3.05, 3.63) is 27.8 Å². The molecule has 0 unspecified atom stereocenters. The number of aromatic nitrogens is 3. The van der Waals surface area contributed by atoms with Crippen LogP contribution in [0.15, 0.2) is 9.90 Å². The minimum Gasteiger partial charge on any atom is -0.337 e. The first-order valence-electron chi connectivity index (χ1n) is 8.69. The average molecular weight is 348 g/mol. The van der Waals surface area contributed by atoms with Crippen molar-refractivity contribution in [1.82, 2.24) is 20.0 Å². The second-order valence-electron chi connectivity index (χ2n) is 6.53. The van der Waals surface area contributed by atoms with Gasteiger partial charge in [-0.25, -0.2) is 4.98 Å². The van der Waals surface area contributed by atoms with Crippen molar-refractivity contribution in [3.8, 4) is 0 Å². The zero-order valence-electron chi connectivity index (χ0n) is 14.5. The number of piperidine rings is 1. The van der Waals surface area contributed by atoms with Gasteiger partial charge in [0.2, 0.25) is 5.89 Å². The predicted octanol–water partition coefficient (Wildman–Crippen LogP) is 3.97. The van der Waals surface area contributed by atoms with Gasteiger partial charge in [0.25, 0.3) is 5.91 Å². The van der Waals surface area contributed by atoms with Crippen LogP contribution in [0.2, 0.25) is 0 Å². The largest absolute Gasteiger partial charge is 0.337 e. The van der Waals surface area contributed by atoms with Crippen LogP contribution in [-0.2, 0) is 6.42 Å². The summed E-state index contributed by atoms with van der Waals surface area (Å²) >= 11 is 1.56. The van der Waals surface area contributed by atoms with E-state index in [0.29, 0.717) is 24.0 Å². The lowest BCUT2D eigenvalue weighted by Gasteiger charge is -2.32. The Balaban J connectivity index is 1.81. The minimum atomic E-state index is -0.137. The van der Waals surface area contributed by atoms with Gasteiger partial charge in [-0.1, -0.05) is 25.9 Å². The Morgan fingerprint density at radius 2 is 2.25 bits per heavy atom. The highest BCUT2D eigenvalue weighted by atomic mass is 32.1. The maximum Gasteiger partial charge on any atom is 0.274 e. The topological polar surface area (TPSA) is 72.1 Å². The molecule has 1 atom stereocenters. The molecule has 2 aromatic heterocycles. The number of hydrogen-bond acceptors (Lipinski definition) is 6. The number of thiazole rings is 1. The van der Waals surface area contributed by atoms with Gasteiger partial charge in [-0.2, -0.15) is 4.98 Å². The molecule has 24 heavy (non-hydrogen) atoms. The number of carbonyl (C=O) groups excluding carboxylic acids is 1. The first kappa shape index (κ1) is 17.1. The van der Waals surface area contributed by atoms with E-state index in [1.54, 1.807) is 11.3 Å². The van der Waals surface area contributed by atoms with Crippen molar-refractivity contribution in [3.63, 3.8) is 0 Å². The highest BCUT2D eigenvalue weighted by molar-refractivity contribution is 7.09. The Kier molecular flexibility index (Phi) is 5.28. The molecule has 2 aromatic rings. The molecule has 1 amide bonds. The highest BCUT2D eigenvalue weighted by Gasteiger charge is 2.33. The van der Waals surface area contributed by atoms with E-state index in [2.05, 4.69) is 22.0 Å². The molecule has 0 aliphatic carbocycles. The van der Waals surface area contributed by atoms with Crippen molar-refractivity contribution in [2.45, 2.75) is 64.8 Å². The Labute approximate surface area is 146 Å². The summed E-state index contributed by atoms with van der Waals surface area (Å²) in [6, 6.07) is -0.137. The SMILES string of the molecule is CCCc1nc(C(=O)N2CCCC[C@H]2c2nc(C(C)C)no2)cs1. The summed E-state index contributed by atoms with van der Waals surface area (Å²) in [6.07, 6.45) is 4.87. The molecule has 0 bridgehead atoms. The lowest BCUT2D eigenvalue weighted by molar-refractivity contribution is 0.0556. The van der Waals surface area contributed by atoms with Crippen LogP contribution in [0.25, 0.3) is 0 Å². The number of carbonyl (C=O) groups is 1. The van der Waals surface area contributed by atoms with Gasteiger partial charge in [0.1, 0.15) is 11.7 Å². The van der Waals surface area contributed by atoms with Crippen LogP contribution >= 0.6 is 11.3 Å². The second kappa shape index (κ2) is 7.42. The lowest BCUT2D eigenvalue weighted by atomic mass is 10.0. The number of hydrogen-bond donors (Lipinski definition) is 0. The van der Waals surface area contributed by atoms with Gasteiger partial charge in [-0.3, -0.25) is 4.79 Å². The van der Waals surface area contributed by atoms with Crippen molar-refractivity contribution < 1.29 is 9.32 Å². The van der Waals surface area contributed by atoms with Gasteiger partial charge in [-0.05, 0) is 32.1 Å². The van der Waals surface area contributed by atoms with Crippen LogP contribution in [-0.4, -0.2) is 32.5 Å². The summed E-state index contributed by atoms with van der Waals surface area (Å²) in [5.41, 5.74) is 0.541. The Morgan fingerprint density at radius 3 is 2.96 bits per heavy atom. The first-order chi connectivity index (χ1) is 11.6. The summed E-state index contributed by atoms with van der Waals surface area (Å²) in [7, 11) is 0. The summed E-state index contributed by atoms with van der Waals surface area (Å²) < 4.78 is 5.45. The smallest absolute Gasteiger partial charge is 0.274 e. The zero-order valence-corrected chi connectivity index (χ0v) is 15.3. The van der Waals surface area contributed by atoms with Crippen LogP contribution < -0.4 is 0 Å². The molecular weight excluding hydrogens is 324 g/mol. The quantitative estimate of drug-likeness (QED) is 0.817. The number of aryl methyl sites for hydroxylation is 1. The maximum absolute atomic E-state index is 12.9. The van der Waals surface area contributed by atoms with E-state index in [0.717, 1.165) is 37.1 Å². The standard InChI is InChI=1S/C17H24N4O2S/c1-4-7-14-18-12(10-24-14)17(22)21-9-6-5-8-13(21)16-19-15(11(2)3)20-23-16/h10-11,13H,4-9H2,1-3H3/t13-/m0/s1. The fourth-order valence-electron chi connectivity index (χ4n) is 2.93. The molecule has 3 heterocycles. The van der Waals surface area contributed by atoms with E-state index in [9.17, 15) is 4.79 Å². The molecule has 0 N–H and O–H groups in total. The fourth-order valence-corrected chi connectivity index (χ4v) is 3.81. The van der Waals surface area contributed by atoms with Crippen molar-refractivity contribution >= 4 is 17.2 Å². The van der Waals surface area contributed by atoms with Crippen molar-refractivity contribution in [2.75, 3.05) is 6.54 Å². The van der Waals surface area contributed by atoms with Crippen LogP contribution in [0.5, 0.6) is 0 Å². The maximum atomic E-state index is 12.9. The number of rotatable bonds is 5. The number of likely N-dealkylation sites (tertiary alicyclic amines) is 1. The molecule has 1 aliphatic rings. The van der Waals surface area contributed by atoms with Gasteiger partial charge in [0.15, 0.2) is 5.82 Å². The molecule has 1 aliphatic heterocycles. The van der Waals surface area contributed by atoms with E-state index in [-0.39, 0.29) is 17.9 Å². The van der Waals surface area contributed by atoms with Gasteiger partial charge >= 0.3 is 0 Å². The predicted molar refractivity (Wildman–Crippen MR) is 92.1 cm³/mol. The van der Waals surface area contributed by atoms with Gasteiger partial charge < -0.3 is 9.42 Å². The molecule has 0 radical (unpaired) electrons. The number of amides is 1. The van der Waals surface area contributed by atoms with E-state index < -0.39 is 0 Å². The van der Waals surface area contributed by atoms with E-state index in [4.69, 9.17) is 4.52 Å². The normalized spacial score (nSPS) is 18.3. The third-order valence-electron chi connectivity index (χ3n) is 4.26. The molecule has 3 rings (SSSR count). The van der Waals surface area contributed by atoms with Crippen LogP contribution in [0.3, 0.4) is 0 Å². The van der Waals surface area contributed by atoms with E-state index >= 15 is 0 Å². The molecule has 7 heteroatoms. The summed E-state index contributed by atoms with van der Waals surface area (Å²) in [6.45, 7) is 6.89. The average Bonchev–Trinajstić information content (AvgIpc) is 3.24. The van der Waals surface area contributed by atoms with Gasteiger partial charge in [0.05, 0.1) is 5.01 Å². The molecule has 1 fully saturated rings. The van der Waals surface area contributed by atoms with Gasteiger partial charge in [-0.15, -0.1) is 11.3 Å². The van der Waals surface area contributed by atoms with Crippen molar-refractivity contribution in [2.24, 2.45) is 0 Å². The Morgan fingerprint density at radius 1 is 1.42 bits per heavy atom. The highest BCUT2D eigenvalue weighted by Crippen LogP contribution is 2.32. The van der Waals surface area contributed by atoms with Crippen molar-refractivity contribution in [1.29, 1.82) is 0 Å². The van der Waals surface area contributed by atoms with Gasteiger partial charge in [0, 0.05) is 17.8 Å². The third-order valence-corrected chi connectivity index (χ3v) is 5.17. The fraction of sp³-hybridized carbons (Fsp3) is 0.647. The van der Waals surface area contributed by atoms with E-state index in [1.807, 2.05) is 24.1 Å². The molecule has 130 valence electrons. The summed E-state index contributed by atoms with van der Waals surface area (Å²) in [4.78, 5) is 23.8. The molecular formula is C17H24N4O2S. The second-order valence-corrected chi connectivity index (χ2v) is 7.47. The molecule has 1 saturated heterocycles. The molecule has 0 aromatic carbocycles. The Hall–Kier alpha value is -1.76. The number of nitrogens with zero attached hydrogens (tertiary/aromatic N) is 4. The molecule has 0 saturated carbocycles. The lowest BCUT2D eigenvalue weighted by Crippen LogP contribution is -2.38. The third kappa shape index (κ3) is 3.50. The summed E-state index contributed by atoms with van der Waals surface area (Å²) in [5, 5.41) is 6.94. The van der Waals surface area contributed by atoms with E-state index in [1.165, 1.54) is 0 Å². The van der Waals surface area contributed by atoms with Crippen LogP contribution in [0.4, 0.5) is 0 Å². The first-order valence-corrected chi connectivity index (χ1v) is 9.57.